The van der Waals surface area contributed by atoms with Gasteiger partial charge in [0.25, 0.3) is 0 Å². The van der Waals surface area contributed by atoms with E-state index in [2.05, 4.69) is 0 Å². The molecule has 6 heteroatoms. The van der Waals surface area contributed by atoms with Crippen LogP contribution in [0.15, 0.2) is 0 Å². The second-order valence-electron chi connectivity index (χ2n) is 7.38. The summed E-state index contributed by atoms with van der Waals surface area (Å²) in [6.45, 7) is 9.53. The van der Waals surface area contributed by atoms with Gasteiger partial charge in [0, 0.05) is 13.5 Å². The van der Waals surface area contributed by atoms with Crippen LogP contribution in [0.4, 0.5) is 0 Å². The minimum atomic E-state index is -1.10. The van der Waals surface area contributed by atoms with Crippen LogP contribution in [0, 0.1) is 0 Å². The maximum Gasteiger partial charge on any atom is 0.187 e. The van der Waals surface area contributed by atoms with Gasteiger partial charge in [0.2, 0.25) is 0 Å². The van der Waals surface area contributed by atoms with E-state index in [0.717, 1.165) is 0 Å². The van der Waals surface area contributed by atoms with Gasteiger partial charge in [-0.1, -0.05) is 0 Å². The molecule has 2 heterocycles. The van der Waals surface area contributed by atoms with Gasteiger partial charge in [0.1, 0.15) is 18.3 Å². The van der Waals surface area contributed by atoms with Gasteiger partial charge < -0.3 is 23.7 Å². The fourth-order valence-electron chi connectivity index (χ4n) is 3.40. The fraction of sp³-hybridized carbons (Fsp3) is 0.933. The molecule has 5 atom stereocenters. The Kier molecular flexibility index (Phi) is 3.28. The van der Waals surface area contributed by atoms with Gasteiger partial charge in [0.05, 0.1) is 5.60 Å². The predicted molar refractivity (Wildman–Crippen MR) is 72.7 cm³/mol. The Hall–Kier alpha value is -0.530. The van der Waals surface area contributed by atoms with E-state index >= 15 is 0 Å². The highest BCUT2D eigenvalue weighted by atomic mass is 16.8. The molecule has 6 nitrogen and oxygen atoms in total. The molecule has 0 bridgehead atoms. The Bertz CT molecular complexity index is 454. The van der Waals surface area contributed by atoms with Crippen LogP contribution in [0.25, 0.3) is 0 Å². The molecule has 1 spiro atoms. The highest BCUT2D eigenvalue weighted by Gasteiger charge is 2.74. The van der Waals surface area contributed by atoms with Crippen molar-refractivity contribution in [2.45, 2.75) is 82.6 Å². The van der Waals surface area contributed by atoms with Crippen molar-refractivity contribution in [3.05, 3.63) is 0 Å². The summed E-state index contributed by atoms with van der Waals surface area (Å²) in [7, 11) is 1.54. The van der Waals surface area contributed by atoms with E-state index in [9.17, 15) is 4.79 Å². The number of hydrogen-bond acceptors (Lipinski definition) is 6. The number of ketones is 1. The quantitative estimate of drug-likeness (QED) is 0.768. The van der Waals surface area contributed by atoms with Crippen molar-refractivity contribution in [1.29, 1.82) is 0 Å². The number of ether oxygens (including phenoxy) is 5. The van der Waals surface area contributed by atoms with E-state index in [-0.39, 0.29) is 17.5 Å². The lowest BCUT2D eigenvalue weighted by atomic mass is 9.71. The third-order valence-corrected chi connectivity index (χ3v) is 4.14. The molecule has 0 aromatic heterocycles. The fourth-order valence-corrected chi connectivity index (χ4v) is 3.40. The highest BCUT2D eigenvalue weighted by Crippen LogP contribution is 2.52. The van der Waals surface area contributed by atoms with E-state index in [1.54, 1.807) is 0 Å². The maximum absolute atomic E-state index is 12.4. The van der Waals surface area contributed by atoms with E-state index < -0.39 is 29.9 Å². The Morgan fingerprint density at radius 3 is 2.38 bits per heavy atom. The molecule has 1 saturated carbocycles. The van der Waals surface area contributed by atoms with Crippen LogP contribution in [0.2, 0.25) is 0 Å². The standard InChI is InChI=1S/C15H24O6/c1-13(2,3)18-9-7-8(16)15(9)11-10(12(17-6)21-15)19-14(4,5)20-11/h9-12H,7H2,1-6H3/t9-,10?,11?,12?,15-/m1/s1. The Morgan fingerprint density at radius 1 is 1.19 bits per heavy atom. The molecule has 0 aromatic rings. The van der Waals surface area contributed by atoms with Gasteiger partial charge in [-0.25, -0.2) is 0 Å². The Labute approximate surface area is 125 Å². The van der Waals surface area contributed by atoms with Crippen molar-refractivity contribution in [2.75, 3.05) is 7.11 Å². The number of hydrogen-bond donors (Lipinski definition) is 0. The summed E-state index contributed by atoms with van der Waals surface area (Å²) >= 11 is 0. The summed E-state index contributed by atoms with van der Waals surface area (Å²) in [5.74, 6) is -0.766. The average Bonchev–Trinajstić information content (AvgIpc) is 2.79. The molecule has 3 aliphatic rings. The molecular weight excluding hydrogens is 276 g/mol. The van der Waals surface area contributed by atoms with Gasteiger partial charge in [-0.15, -0.1) is 0 Å². The Balaban J connectivity index is 1.90. The molecular formula is C15H24O6. The topological polar surface area (TPSA) is 63.2 Å². The van der Waals surface area contributed by atoms with Gasteiger partial charge in [0.15, 0.2) is 23.5 Å². The molecule has 0 radical (unpaired) electrons. The van der Waals surface area contributed by atoms with Crippen molar-refractivity contribution < 1.29 is 28.5 Å². The predicted octanol–water partition coefficient (Wildman–Crippen LogP) is 1.40. The normalized spacial score (nSPS) is 45.0. The number of carbonyl (C=O) groups excluding carboxylic acids is 1. The molecule has 2 aliphatic heterocycles. The average molecular weight is 300 g/mol. The SMILES string of the molecule is COC1O[C@@]2(C(=O)C[C@H]2OC(C)(C)C)C2OC(C)(C)OC12. The summed E-state index contributed by atoms with van der Waals surface area (Å²) in [6.07, 6.45) is -1.53. The van der Waals surface area contributed by atoms with Crippen molar-refractivity contribution in [3.8, 4) is 0 Å². The minimum Gasteiger partial charge on any atom is -0.369 e. The smallest absolute Gasteiger partial charge is 0.187 e. The molecule has 120 valence electrons. The third-order valence-electron chi connectivity index (χ3n) is 4.14. The van der Waals surface area contributed by atoms with Crippen LogP contribution < -0.4 is 0 Å². The minimum absolute atomic E-state index is 0.00685. The van der Waals surface area contributed by atoms with Gasteiger partial charge in [-0.05, 0) is 34.6 Å². The van der Waals surface area contributed by atoms with Crippen molar-refractivity contribution in [2.24, 2.45) is 0 Å². The molecule has 0 amide bonds. The lowest BCUT2D eigenvalue weighted by Crippen LogP contribution is -2.69. The zero-order chi connectivity index (χ0) is 15.6. The number of rotatable bonds is 2. The zero-order valence-corrected chi connectivity index (χ0v) is 13.5. The molecule has 21 heavy (non-hydrogen) atoms. The molecule has 2 saturated heterocycles. The van der Waals surface area contributed by atoms with Crippen LogP contribution in [0.3, 0.4) is 0 Å². The first-order chi connectivity index (χ1) is 9.59. The molecule has 3 rings (SSSR count). The van der Waals surface area contributed by atoms with Crippen LogP contribution in [-0.2, 0) is 28.5 Å². The number of Topliss-reactive ketones (excluding diaryl/α,β-unsaturated/α-hetero) is 1. The van der Waals surface area contributed by atoms with Gasteiger partial charge >= 0.3 is 0 Å². The lowest BCUT2D eigenvalue weighted by molar-refractivity contribution is -0.286. The summed E-state index contributed by atoms with van der Waals surface area (Å²) < 4.78 is 29.1. The van der Waals surface area contributed by atoms with Gasteiger partial charge in [-0.3, -0.25) is 4.79 Å². The van der Waals surface area contributed by atoms with Crippen molar-refractivity contribution >= 4 is 5.78 Å². The van der Waals surface area contributed by atoms with Crippen molar-refractivity contribution in [1.82, 2.24) is 0 Å². The first-order valence-electron chi connectivity index (χ1n) is 7.36. The second kappa shape index (κ2) is 4.49. The first-order valence-corrected chi connectivity index (χ1v) is 7.36. The monoisotopic (exact) mass is 300 g/mol. The lowest BCUT2D eigenvalue weighted by Gasteiger charge is -2.48. The van der Waals surface area contributed by atoms with Crippen LogP contribution in [0.5, 0.6) is 0 Å². The van der Waals surface area contributed by atoms with Crippen LogP contribution in [-0.4, -0.2) is 54.5 Å². The van der Waals surface area contributed by atoms with E-state index in [1.807, 2.05) is 34.6 Å². The summed E-state index contributed by atoms with van der Waals surface area (Å²) in [6, 6.07) is 0. The van der Waals surface area contributed by atoms with E-state index in [1.165, 1.54) is 7.11 Å². The second-order valence-corrected chi connectivity index (χ2v) is 7.38. The third kappa shape index (κ3) is 2.24. The van der Waals surface area contributed by atoms with Crippen LogP contribution >= 0.6 is 0 Å². The number of carbonyl (C=O) groups is 1. The summed E-state index contributed by atoms with van der Waals surface area (Å²) in [4.78, 5) is 12.4. The van der Waals surface area contributed by atoms with E-state index in [0.29, 0.717) is 6.42 Å². The Morgan fingerprint density at radius 2 is 1.86 bits per heavy atom. The zero-order valence-electron chi connectivity index (χ0n) is 13.5. The molecule has 0 N–H and O–H groups in total. The number of fused-ring (bicyclic) bond motifs is 2. The van der Waals surface area contributed by atoms with Crippen molar-refractivity contribution in [3.63, 3.8) is 0 Å². The molecule has 0 aromatic carbocycles. The largest absolute Gasteiger partial charge is 0.369 e. The molecule has 3 fully saturated rings. The molecule has 3 unspecified atom stereocenters. The summed E-state index contributed by atoms with van der Waals surface area (Å²) in [5.41, 5.74) is -1.47. The first kappa shape index (κ1) is 15.4. The van der Waals surface area contributed by atoms with E-state index in [4.69, 9.17) is 23.7 Å². The number of methoxy groups -OCH3 is 1. The molecule has 1 aliphatic carbocycles. The van der Waals surface area contributed by atoms with Gasteiger partial charge in [-0.2, -0.15) is 0 Å². The maximum atomic E-state index is 12.4. The highest BCUT2D eigenvalue weighted by molar-refractivity contribution is 5.96. The summed E-state index contributed by atoms with van der Waals surface area (Å²) in [5, 5.41) is 0. The van der Waals surface area contributed by atoms with Crippen LogP contribution in [0.1, 0.15) is 41.0 Å².